The van der Waals surface area contributed by atoms with Crippen molar-refractivity contribution in [1.29, 1.82) is 0 Å². The van der Waals surface area contributed by atoms with Gasteiger partial charge in [0, 0.05) is 6.54 Å². The summed E-state index contributed by atoms with van der Waals surface area (Å²) in [5.41, 5.74) is 4.80. The summed E-state index contributed by atoms with van der Waals surface area (Å²) in [4.78, 5) is 12.2. The smallest absolute Gasteiger partial charge is 0.224 e. The molecule has 0 aliphatic carbocycles. The third-order valence-electron chi connectivity index (χ3n) is 4.80. The molecule has 0 saturated carbocycles. The van der Waals surface area contributed by atoms with Crippen LogP contribution in [0.5, 0.6) is 0 Å². The second kappa shape index (κ2) is 10.3. The van der Waals surface area contributed by atoms with Crippen molar-refractivity contribution in [3.05, 3.63) is 114 Å². The Hall–Kier alpha value is -3.77. The van der Waals surface area contributed by atoms with Gasteiger partial charge in [-0.05, 0) is 28.8 Å². The van der Waals surface area contributed by atoms with Gasteiger partial charge in [-0.1, -0.05) is 78.0 Å². The van der Waals surface area contributed by atoms with Crippen LogP contribution in [0.2, 0.25) is 0 Å². The fraction of sp³-hybridized carbons (Fsp3) is 0.160. The number of aromatic nitrogens is 3. The lowest BCUT2D eigenvalue weighted by atomic mass is 10.1. The van der Waals surface area contributed by atoms with E-state index in [9.17, 15) is 4.79 Å². The first-order valence-electron chi connectivity index (χ1n) is 10.2. The molecular formula is C25H24N4O2. The number of hydrogen-bond donors (Lipinski definition) is 1. The normalized spacial score (nSPS) is 10.7. The van der Waals surface area contributed by atoms with Crippen molar-refractivity contribution in [2.45, 2.75) is 26.2 Å². The van der Waals surface area contributed by atoms with Crippen LogP contribution in [0.25, 0.3) is 5.69 Å². The van der Waals surface area contributed by atoms with Crippen LogP contribution in [0.4, 0.5) is 0 Å². The average molecular weight is 412 g/mol. The molecule has 4 rings (SSSR count). The fourth-order valence-electron chi connectivity index (χ4n) is 3.15. The molecule has 156 valence electrons. The molecule has 1 aromatic heterocycles. The molecule has 1 amide bonds. The molecule has 6 nitrogen and oxygen atoms in total. The van der Waals surface area contributed by atoms with Crippen molar-refractivity contribution in [3.8, 4) is 5.69 Å². The van der Waals surface area contributed by atoms with E-state index in [0.717, 1.165) is 28.1 Å². The van der Waals surface area contributed by atoms with Gasteiger partial charge in [-0.25, -0.2) is 4.68 Å². The molecule has 0 radical (unpaired) electrons. The van der Waals surface area contributed by atoms with Gasteiger partial charge in [0.1, 0.15) is 5.69 Å². The zero-order valence-corrected chi connectivity index (χ0v) is 17.1. The van der Waals surface area contributed by atoms with Gasteiger partial charge in [-0.3, -0.25) is 4.79 Å². The van der Waals surface area contributed by atoms with Gasteiger partial charge in [0.2, 0.25) is 5.91 Å². The molecule has 0 atom stereocenters. The highest BCUT2D eigenvalue weighted by Crippen LogP contribution is 2.11. The highest BCUT2D eigenvalue weighted by Gasteiger charge is 2.06. The van der Waals surface area contributed by atoms with Crippen LogP contribution in [0.15, 0.2) is 91.1 Å². The second-order valence-corrected chi connectivity index (χ2v) is 7.24. The zero-order chi connectivity index (χ0) is 21.3. The van der Waals surface area contributed by atoms with Gasteiger partial charge >= 0.3 is 0 Å². The van der Waals surface area contributed by atoms with Crippen LogP contribution in [0, 0.1) is 0 Å². The van der Waals surface area contributed by atoms with Crippen LogP contribution in [0.3, 0.4) is 0 Å². The van der Waals surface area contributed by atoms with Gasteiger partial charge < -0.3 is 10.1 Å². The van der Waals surface area contributed by atoms with Crippen molar-refractivity contribution in [2.24, 2.45) is 0 Å². The lowest BCUT2D eigenvalue weighted by molar-refractivity contribution is -0.120. The molecule has 1 heterocycles. The molecule has 3 aromatic carbocycles. The fourth-order valence-corrected chi connectivity index (χ4v) is 3.15. The number of amides is 1. The van der Waals surface area contributed by atoms with Crippen LogP contribution in [0.1, 0.15) is 22.4 Å². The second-order valence-electron chi connectivity index (χ2n) is 7.24. The summed E-state index contributed by atoms with van der Waals surface area (Å²) < 4.78 is 7.42. The molecule has 4 aromatic rings. The highest BCUT2D eigenvalue weighted by atomic mass is 16.5. The van der Waals surface area contributed by atoms with Crippen LogP contribution in [-0.4, -0.2) is 20.9 Å². The van der Waals surface area contributed by atoms with Crippen LogP contribution in [-0.2, 0) is 35.7 Å². The molecule has 1 N–H and O–H groups in total. The van der Waals surface area contributed by atoms with Gasteiger partial charge in [0.05, 0.1) is 31.5 Å². The summed E-state index contributed by atoms with van der Waals surface area (Å²) in [6.07, 6.45) is 2.19. The van der Waals surface area contributed by atoms with Crippen molar-refractivity contribution >= 4 is 5.91 Å². The Kier molecular flexibility index (Phi) is 6.82. The molecule has 0 fully saturated rings. The highest BCUT2D eigenvalue weighted by molar-refractivity contribution is 5.78. The third kappa shape index (κ3) is 6.10. The minimum Gasteiger partial charge on any atom is -0.370 e. The van der Waals surface area contributed by atoms with Crippen molar-refractivity contribution in [2.75, 3.05) is 0 Å². The predicted molar refractivity (Wildman–Crippen MR) is 118 cm³/mol. The number of rotatable bonds is 9. The van der Waals surface area contributed by atoms with E-state index in [1.54, 1.807) is 4.68 Å². The van der Waals surface area contributed by atoms with Gasteiger partial charge in [-0.2, -0.15) is 0 Å². The topological polar surface area (TPSA) is 69.0 Å². The molecule has 0 aliphatic heterocycles. The van der Waals surface area contributed by atoms with E-state index in [0.29, 0.717) is 26.2 Å². The lowest BCUT2D eigenvalue weighted by Crippen LogP contribution is -2.24. The van der Waals surface area contributed by atoms with Gasteiger partial charge in [0.25, 0.3) is 0 Å². The van der Waals surface area contributed by atoms with Crippen molar-refractivity contribution in [3.63, 3.8) is 0 Å². The first-order valence-corrected chi connectivity index (χ1v) is 10.2. The number of nitrogens with one attached hydrogen (secondary N) is 1. The van der Waals surface area contributed by atoms with E-state index in [4.69, 9.17) is 4.74 Å². The summed E-state index contributed by atoms with van der Waals surface area (Å²) in [5, 5.41) is 11.3. The summed E-state index contributed by atoms with van der Waals surface area (Å²) in [5.74, 6) is -0.00444. The Morgan fingerprint density at radius 1 is 0.806 bits per heavy atom. The molecule has 0 saturated heterocycles. The summed E-state index contributed by atoms with van der Waals surface area (Å²) in [6.45, 7) is 1.47. The first-order chi connectivity index (χ1) is 15.3. The minimum absolute atomic E-state index is 0.00444. The Bertz CT molecular complexity index is 1090. The van der Waals surface area contributed by atoms with Crippen molar-refractivity contribution in [1.82, 2.24) is 20.3 Å². The number of benzene rings is 3. The zero-order valence-electron chi connectivity index (χ0n) is 17.1. The predicted octanol–water partition coefficient (Wildman–Crippen LogP) is 3.84. The number of ether oxygens (including phenoxy) is 1. The first kappa shape index (κ1) is 20.5. The SMILES string of the molecule is O=C(Cc1ccc(-n2cc(COCc3ccccc3)nn2)cc1)NCc1ccccc1. The molecule has 0 unspecified atom stereocenters. The van der Waals surface area contributed by atoms with Crippen LogP contribution >= 0.6 is 0 Å². The summed E-state index contributed by atoms with van der Waals surface area (Å²) in [6, 6.07) is 27.6. The summed E-state index contributed by atoms with van der Waals surface area (Å²) >= 11 is 0. The number of carbonyl (C=O) groups is 1. The maximum absolute atomic E-state index is 12.2. The van der Waals surface area contributed by atoms with E-state index < -0.39 is 0 Å². The number of nitrogens with zero attached hydrogens (tertiary/aromatic N) is 3. The Morgan fingerprint density at radius 2 is 1.48 bits per heavy atom. The molecular weight excluding hydrogens is 388 g/mol. The molecule has 31 heavy (non-hydrogen) atoms. The van der Waals surface area contributed by atoms with E-state index in [-0.39, 0.29) is 5.91 Å². The Balaban J connectivity index is 1.26. The van der Waals surface area contributed by atoms with E-state index in [1.165, 1.54) is 0 Å². The molecule has 0 spiro atoms. The summed E-state index contributed by atoms with van der Waals surface area (Å²) in [7, 11) is 0. The Labute approximate surface area is 181 Å². The largest absolute Gasteiger partial charge is 0.370 e. The van der Waals surface area contributed by atoms with E-state index >= 15 is 0 Å². The lowest BCUT2D eigenvalue weighted by Gasteiger charge is -2.06. The molecule has 0 bridgehead atoms. The maximum atomic E-state index is 12.2. The third-order valence-corrected chi connectivity index (χ3v) is 4.80. The number of hydrogen-bond acceptors (Lipinski definition) is 4. The monoisotopic (exact) mass is 412 g/mol. The van der Waals surface area contributed by atoms with Gasteiger partial charge in [-0.15, -0.1) is 5.10 Å². The van der Waals surface area contributed by atoms with E-state index in [2.05, 4.69) is 15.6 Å². The maximum Gasteiger partial charge on any atom is 0.224 e. The number of carbonyl (C=O) groups excluding carboxylic acids is 1. The molecule has 6 heteroatoms. The minimum atomic E-state index is -0.00444. The van der Waals surface area contributed by atoms with Gasteiger partial charge in [0.15, 0.2) is 0 Å². The average Bonchev–Trinajstić information content (AvgIpc) is 3.29. The Morgan fingerprint density at radius 3 is 2.19 bits per heavy atom. The van der Waals surface area contributed by atoms with Crippen LogP contribution < -0.4 is 5.32 Å². The standard InChI is InChI=1S/C25H24N4O2/c30-25(26-16-21-7-3-1-4-8-21)15-20-11-13-24(14-12-20)29-17-23(27-28-29)19-31-18-22-9-5-2-6-10-22/h1-14,17H,15-16,18-19H2,(H,26,30). The van der Waals surface area contributed by atoms with E-state index in [1.807, 2.05) is 91.1 Å². The van der Waals surface area contributed by atoms with Crippen molar-refractivity contribution < 1.29 is 9.53 Å². The molecule has 0 aliphatic rings. The quantitative estimate of drug-likeness (QED) is 0.453.